The summed E-state index contributed by atoms with van der Waals surface area (Å²) >= 11 is 0. The van der Waals surface area contributed by atoms with Crippen molar-refractivity contribution >= 4 is 6.21 Å². The number of aromatic nitrogens is 2. The highest BCUT2D eigenvalue weighted by atomic mass is 16.8. The second-order valence-corrected chi connectivity index (χ2v) is 5.51. The van der Waals surface area contributed by atoms with E-state index in [0.29, 0.717) is 0 Å². The van der Waals surface area contributed by atoms with Gasteiger partial charge in [-0.1, -0.05) is 5.16 Å². The van der Waals surface area contributed by atoms with Gasteiger partial charge >= 0.3 is 5.69 Å². The van der Waals surface area contributed by atoms with E-state index in [1.807, 2.05) is 0 Å². The van der Waals surface area contributed by atoms with Crippen LogP contribution in [0.3, 0.4) is 0 Å². The Balaban J connectivity index is 1.96. The van der Waals surface area contributed by atoms with Crippen molar-refractivity contribution in [2.45, 2.75) is 44.2 Å². The monoisotopic (exact) mass is 311 g/mol. The van der Waals surface area contributed by atoms with Gasteiger partial charge in [0.05, 0.1) is 6.21 Å². The van der Waals surface area contributed by atoms with Gasteiger partial charge in [0, 0.05) is 12.3 Å². The lowest BCUT2D eigenvalue weighted by Gasteiger charge is -2.23. The van der Waals surface area contributed by atoms with Gasteiger partial charge in [-0.25, -0.2) is 4.79 Å². The van der Waals surface area contributed by atoms with Gasteiger partial charge in [-0.2, -0.15) is 0 Å². The van der Waals surface area contributed by atoms with E-state index in [2.05, 4.69) is 15.0 Å². The van der Waals surface area contributed by atoms with E-state index in [9.17, 15) is 9.59 Å². The van der Waals surface area contributed by atoms with Gasteiger partial charge < -0.3 is 19.0 Å². The summed E-state index contributed by atoms with van der Waals surface area (Å²) in [5, 5.41) is 3.70. The minimum atomic E-state index is -0.803. The Bertz CT molecular complexity index is 694. The van der Waals surface area contributed by atoms with Crippen LogP contribution in [-0.4, -0.2) is 47.0 Å². The molecular formula is C13H17N3O6. The average molecular weight is 311 g/mol. The predicted molar refractivity (Wildman–Crippen MR) is 74.6 cm³/mol. The lowest BCUT2D eigenvalue weighted by Crippen LogP contribution is -2.37. The van der Waals surface area contributed by atoms with Crippen molar-refractivity contribution in [2.24, 2.45) is 5.16 Å². The molecule has 0 bridgehead atoms. The van der Waals surface area contributed by atoms with Crippen molar-refractivity contribution < 1.29 is 19.0 Å². The van der Waals surface area contributed by atoms with Gasteiger partial charge in [0.1, 0.15) is 25.4 Å². The molecule has 0 saturated carbocycles. The van der Waals surface area contributed by atoms with Crippen molar-refractivity contribution in [3.63, 3.8) is 0 Å². The van der Waals surface area contributed by atoms with Gasteiger partial charge in [-0.3, -0.25) is 14.3 Å². The molecule has 2 saturated heterocycles. The Morgan fingerprint density at radius 3 is 2.77 bits per heavy atom. The van der Waals surface area contributed by atoms with Crippen LogP contribution in [0, 0.1) is 0 Å². The summed E-state index contributed by atoms with van der Waals surface area (Å²) in [6, 6.07) is 1.25. The maximum absolute atomic E-state index is 12.0. The van der Waals surface area contributed by atoms with Crippen LogP contribution in [0.25, 0.3) is 0 Å². The summed E-state index contributed by atoms with van der Waals surface area (Å²) < 4.78 is 18.7. The number of rotatable bonds is 3. The molecule has 4 unspecified atom stereocenters. The smallest absolute Gasteiger partial charge is 0.330 e. The highest BCUT2D eigenvalue weighted by Gasteiger charge is 2.55. The molecule has 1 aromatic heterocycles. The summed E-state index contributed by atoms with van der Waals surface area (Å²) in [6.07, 6.45) is 0.622. The largest absolute Gasteiger partial charge is 0.399 e. The van der Waals surface area contributed by atoms with E-state index < -0.39 is 41.6 Å². The molecule has 0 aliphatic carbocycles. The molecule has 0 amide bonds. The minimum absolute atomic E-state index is 0.433. The third kappa shape index (κ3) is 2.58. The zero-order valence-electron chi connectivity index (χ0n) is 12.4. The second kappa shape index (κ2) is 5.34. The van der Waals surface area contributed by atoms with E-state index >= 15 is 0 Å². The summed E-state index contributed by atoms with van der Waals surface area (Å²) in [5.41, 5.74) is -1.05. The normalized spacial score (nSPS) is 33.2. The Labute approximate surface area is 125 Å². The second-order valence-electron chi connectivity index (χ2n) is 5.51. The molecule has 3 heterocycles. The molecule has 0 aromatic carbocycles. The molecule has 3 rings (SSSR count). The standard InChI is InChI=1S/C13H17N3O6/c1-13(2)21-9-7(6-14-19-3)20-11(10(9)22-13)16-5-4-8(17)15-12(16)18/h4-7,9-11H,1-3H3,(H,15,17,18). The number of nitrogens with zero attached hydrogens (tertiary/aromatic N) is 2. The Hall–Kier alpha value is -1.97. The molecule has 120 valence electrons. The van der Waals surface area contributed by atoms with Crippen LogP contribution in [0.4, 0.5) is 0 Å². The maximum atomic E-state index is 12.0. The molecule has 9 nitrogen and oxygen atoms in total. The lowest BCUT2D eigenvalue weighted by atomic mass is 10.1. The van der Waals surface area contributed by atoms with Crippen molar-refractivity contribution in [1.29, 1.82) is 0 Å². The molecule has 2 fully saturated rings. The van der Waals surface area contributed by atoms with Gasteiger partial charge in [-0.05, 0) is 13.8 Å². The number of nitrogens with one attached hydrogen (secondary N) is 1. The van der Waals surface area contributed by atoms with Gasteiger partial charge in [-0.15, -0.1) is 0 Å². The van der Waals surface area contributed by atoms with Crippen molar-refractivity contribution in [2.75, 3.05) is 7.11 Å². The molecule has 2 aliphatic heterocycles. The third-order valence-electron chi connectivity index (χ3n) is 3.50. The van der Waals surface area contributed by atoms with Gasteiger partial charge in [0.2, 0.25) is 0 Å². The first-order valence-corrected chi connectivity index (χ1v) is 6.80. The first-order chi connectivity index (χ1) is 10.4. The summed E-state index contributed by atoms with van der Waals surface area (Å²) in [4.78, 5) is 30.0. The number of hydrogen-bond acceptors (Lipinski definition) is 7. The van der Waals surface area contributed by atoms with Crippen LogP contribution < -0.4 is 11.2 Å². The fourth-order valence-electron chi connectivity index (χ4n) is 2.70. The van der Waals surface area contributed by atoms with Crippen LogP contribution in [0.15, 0.2) is 27.0 Å². The third-order valence-corrected chi connectivity index (χ3v) is 3.50. The molecule has 1 aromatic rings. The number of aromatic amines is 1. The van der Waals surface area contributed by atoms with E-state index in [0.717, 1.165) is 0 Å². The molecule has 4 atom stereocenters. The van der Waals surface area contributed by atoms with Crippen molar-refractivity contribution in [1.82, 2.24) is 9.55 Å². The van der Waals surface area contributed by atoms with Crippen LogP contribution in [-0.2, 0) is 19.0 Å². The molecule has 1 N–H and O–H groups in total. The van der Waals surface area contributed by atoms with E-state index in [4.69, 9.17) is 14.2 Å². The molecule has 0 radical (unpaired) electrons. The van der Waals surface area contributed by atoms with Crippen LogP contribution in [0.2, 0.25) is 0 Å². The Morgan fingerprint density at radius 2 is 2.09 bits per heavy atom. The zero-order chi connectivity index (χ0) is 15.9. The molecule has 0 spiro atoms. The summed E-state index contributed by atoms with van der Waals surface area (Å²) in [6.45, 7) is 3.56. The summed E-state index contributed by atoms with van der Waals surface area (Å²) in [5.74, 6) is -0.803. The molecular weight excluding hydrogens is 294 g/mol. The molecule has 22 heavy (non-hydrogen) atoms. The fourth-order valence-corrected chi connectivity index (χ4v) is 2.70. The number of ether oxygens (including phenoxy) is 3. The van der Waals surface area contributed by atoms with Crippen LogP contribution in [0.1, 0.15) is 20.1 Å². The SMILES string of the molecule is CON=CC1OC(n2ccc(=O)[nH]c2=O)C2OC(C)(C)OC12. The number of oxime groups is 1. The molecule has 9 heteroatoms. The average Bonchev–Trinajstić information content (AvgIpc) is 2.91. The quantitative estimate of drug-likeness (QED) is 0.601. The molecule has 2 aliphatic rings. The lowest BCUT2D eigenvalue weighted by molar-refractivity contribution is -0.189. The fraction of sp³-hybridized carbons (Fsp3) is 0.615. The first-order valence-electron chi connectivity index (χ1n) is 6.80. The van der Waals surface area contributed by atoms with Crippen LogP contribution >= 0.6 is 0 Å². The van der Waals surface area contributed by atoms with E-state index in [1.54, 1.807) is 13.8 Å². The Kier molecular flexibility index (Phi) is 3.63. The Morgan fingerprint density at radius 1 is 1.36 bits per heavy atom. The maximum Gasteiger partial charge on any atom is 0.330 e. The van der Waals surface area contributed by atoms with Gasteiger partial charge in [0.25, 0.3) is 5.56 Å². The number of H-pyrrole nitrogens is 1. The highest BCUT2D eigenvalue weighted by molar-refractivity contribution is 5.64. The number of fused-ring (bicyclic) bond motifs is 1. The van der Waals surface area contributed by atoms with E-state index in [1.165, 1.54) is 30.2 Å². The highest BCUT2D eigenvalue weighted by Crippen LogP contribution is 2.41. The number of hydrogen-bond donors (Lipinski definition) is 1. The van der Waals surface area contributed by atoms with Crippen LogP contribution in [0.5, 0.6) is 0 Å². The topological polar surface area (TPSA) is 104 Å². The van der Waals surface area contributed by atoms with Crippen molar-refractivity contribution in [3.8, 4) is 0 Å². The summed E-state index contributed by atoms with van der Waals surface area (Å²) in [7, 11) is 1.42. The van der Waals surface area contributed by atoms with E-state index in [-0.39, 0.29) is 0 Å². The first kappa shape index (κ1) is 14.9. The zero-order valence-corrected chi connectivity index (χ0v) is 12.4. The van der Waals surface area contributed by atoms with Gasteiger partial charge in [0.15, 0.2) is 12.0 Å². The minimum Gasteiger partial charge on any atom is -0.399 e. The van der Waals surface area contributed by atoms with Crippen molar-refractivity contribution in [3.05, 3.63) is 33.1 Å². The predicted octanol–water partition coefficient (Wildman–Crippen LogP) is -0.414.